The Morgan fingerprint density at radius 2 is 1.55 bits per heavy atom. The average Bonchev–Trinajstić information content (AvgIpc) is 3.65. The van der Waals surface area contributed by atoms with Gasteiger partial charge in [0.1, 0.15) is 17.3 Å². The first-order valence-corrected chi connectivity index (χ1v) is 17.2. The minimum Gasteiger partial charge on any atom is -0.457 e. The molecule has 0 N–H and O–H groups in total. The van der Waals surface area contributed by atoms with Gasteiger partial charge < -0.3 is 14.5 Å². The Kier molecular flexibility index (Phi) is 6.56. The fourth-order valence-corrected chi connectivity index (χ4v) is 8.45. The normalized spacial score (nSPS) is 20.7. The van der Waals surface area contributed by atoms with Gasteiger partial charge in [-0.05, 0) is 96.7 Å². The third kappa shape index (κ3) is 4.84. The first-order valence-electron chi connectivity index (χ1n) is 17.2. The number of fused-ring (bicyclic) bond motifs is 7. The van der Waals surface area contributed by atoms with Gasteiger partial charge in [0, 0.05) is 47.0 Å². The highest BCUT2D eigenvalue weighted by Crippen LogP contribution is 2.49. The Labute approximate surface area is 276 Å². The molecule has 0 spiro atoms. The molecule has 3 aromatic heterocycles. The Morgan fingerprint density at radius 3 is 2.38 bits per heavy atom. The number of anilines is 3. The van der Waals surface area contributed by atoms with Crippen LogP contribution in [0.15, 0.2) is 103 Å². The summed E-state index contributed by atoms with van der Waals surface area (Å²) in [4.78, 5) is 14.7. The minimum absolute atomic E-state index is 0.0220. The van der Waals surface area contributed by atoms with E-state index in [1.165, 1.54) is 54.1 Å². The number of aromatic nitrogens is 3. The molecule has 3 fully saturated rings. The zero-order chi connectivity index (χ0) is 31.7. The van der Waals surface area contributed by atoms with Crippen LogP contribution in [-0.4, -0.2) is 27.2 Å². The Hall–Kier alpha value is -4.84. The third-order valence-electron chi connectivity index (χ3n) is 10.9. The second kappa shape index (κ2) is 10.9. The van der Waals surface area contributed by atoms with Gasteiger partial charge in [-0.1, -0.05) is 57.9 Å². The maximum absolute atomic E-state index is 6.63. The lowest BCUT2D eigenvalue weighted by Gasteiger charge is -2.47. The first kappa shape index (κ1) is 28.4. The van der Waals surface area contributed by atoms with E-state index in [1.54, 1.807) is 0 Å². The molecule has 6 aromatic rings. The summed E-state index contributed by atoms with van der Waals surface area (Å²) >= 11 is 0. The summed E-state index contributed by atoms with van der Waals surface area (Å²) in [6.45, 7) is 7.56. The molecule has 6 nitrogen and oxygen atoms in total. The van der Waals surface area contributed by atoms with Crippen LogP contribution in [0.2, 0.25) is 0 Å². The number of hydrogen-bond acceptors (Lipinski definition) is 5. The summed E-state index contributed by atoms with van der Waals surface area (Å²) < 4.78 is 8.89. The summed E-state index contributed by atoms with van der Waals surface area (Å²) in [5.74, 6) is 5.24. The molecule has 10 rings (SSSR count). The molecule has 0 saturated heterocycles. The van der Waals surface area contributed by atoms with Crippen molar-refractivity contribution in [2.75, 3.05) is 16.5 Å². The van der Waals surface area contributed by atoms with Crippen molar-refractivity contribution >= 4 is 39.0 Å². The molecule has 3 saturated carbocycles. The Morgan fingerprint density at radius 1 is 0.723 bits per heavy atom. The SMILES string of the molecule is CC(C)(C)c1ccnc(-n2c3ccccc3c3ccc(Oc4cccc(N5CN(C6CC7CCC6CC7)c6cccnc65)c4)cc32)c1. The van der Waals surface area contributed by atoms with E-state index in [2.05, 4.69) is 120 Å². The molecule has 0 amide bonds. The molecule has 1 unspecified atom stereocenters. The quantitative estimate of drug-likeness (QED) is 0.192. The second-order valence-electron chi connectivity index (χ2n) is 14.8. The fraction of sp³-hybridized carbons (Fsp3) is 0.317. The van der Waals surface area contributed by atoms with Gasteiger partial charge in [0.15, 0.2) is 5.82 Å². The van der Waals surface area contributed by atoms with Gasteiger partial charge in [-0.3, -0.25) is 4.57 Å². The van der Waals surface area contributed by atoms with Gasteiger partial charge >= 0.3 is 0 Å². The van der Waals surface area contributed by atoms with E-state index >= 15 is 0 Å². The third-order valence-corrected chi connectivity index (χ3v) is 10.9. The lowest BCUT2D eigenvalue weighted by Crippen LogP contribution is -2.48. The lowest BCUT2D eigenvalue weighted by molar-refractivity contribution is 0.142. The zero-order valence-corrected chi connectivity index (χ0v) is 27.4. The van der Waals surface area contributed by atoms with Crippen LogP contribution in [0.3, 0.4) is 0 Å². The van der Waals surface area contributed by atoms with Gasteiger partial charge in [-0.2, -0.15) is 0 Å². The Bertz CT molecular complexity index is 2120. The summed E-state index contributed by atoms with van der Waals surface area (Å²) in [5.41, 5.74) is 5.85. The van der Waals surface area contributed by atoms with Crippen molar-refractivity contribution in [2.24, 2.45) is 11.8 Å². The zero-order valence-electron chi connectivity index (χ0n) is 27.4. The molecule has 3 aromatic carbocycles. The molecule has 47 heavy (non-hydrogen) atoms. The van der Waals surface area contributed by atoms with Gasteiger partial charge in [0.2, 0.25) is 0 Å². The number of hydrogen-bond donors (Lipinski definition) is 0. The highest BCUT2D eigenvalue weighted by molar-refractivity contribution is 6.09. The van der Waals surface area contributed by atoms with Crippen LogP contribution in [0.1, 0.15) is 58.4 Å². The molecular formula is C41H41N5O. The van der Waals surface area contributed by atoms with E-state index in [1.807, 2.05) is 18.5 Å². The van der Waals surface area contributed by atoms with E-state index < -0.39 is 0 Å². The van der Waals surface area contributed by atoms with E-state index in [0.29, 0.717) is 6.04 Å². The van der Waals surface area contributed by atoms with Crippen molar-refractivity contribution in [3.63, 3.8) is 0 Å². The van der Waals surface area contributed by atoms with Crippen LogP contribution in [0, 0.1) is 11.8 Å². The summed E-state index contributed by atoms with van der Waals surface area (Å²) in [6, 6.07) is 32.7. The van der Waals surface area contributed by atoms with Crippen LogP contribution in [0.25, 0.3) is 27.6 Å². The maximum Gasteiger partial charge on any atom is 0.158 e. The second-order valence-corrected chi connectivity index (χ2v) is 14.8. The Balaban J connectivity index is 1.06. The van der Waals surface area contributed by atoms with Gasteiger partial charge in [0.25, 0.3) is 0 Å². The monoisotopic (exact) mass is 619 g/mol. The summed E-state index contributed by atoms with van der Waals surface area (Å²) in [6.07, 6.45) is 10.7. The highest BCUT2D eigenvalue weighted by Gasteiger charge is 2.42. The predicted molar refractivity (Wildman–Crippen MR) is 191 cm³/mol. The number of benzene rings is 3. The molecule has 2 bridgehead atoms. The summed E-state index contributed by atoms with van der Waals surface area (Å²) in [5, 5.41) is 2.39. The maximum atomic E-state index is 6.63. The molecule has 1 aliphatic heterocycles. The highest BCUT2D eigenvalue weighted by atomic mass is 16.5. The van der Waals surface area contributed by atoms with Crippen molar-refractivity contribution in [3.05, 3.63) is 109 Å². The van der Waals surface area contributed by atoms with Crippen molar-refractivity contribution < 1.29 is 4.74 Å². The van der Waals surface area contributed by atoms with Crippen LogP contribution in [0.5, 0.6) is 11.5 Å². The number of pyridine rings is 2. The fourth-order valence-electron chi connectivity index (χ4n) is 8.45. The molecule has 1 atom stereocenters. The van der Waals surface area contributed by atoms with Crippen LogP contribution in [0.4, 0.5) is 17.2 Å². The smallest absolute Gasteiger partial charge is 0.158 e. The van der Waals surface area contributed by atoms with Crippen molar-refractivity contribution in [1.29, 1.82) is 0 Å². The van der Waals surface area contributed by atoms with E-state index in [-0.39, 0.29) is 5.41 Å². The molecule has 236 valence electrons. The molecular weight excluding hydrogens is 578 g/mol. The largest absolute Gasteiger partial charge is 0.457 e. The average molecular weight is 620 g/mol. The predicted octanol–water partition coefficient (Wildman–Crippen LogP) is 10.2. The van der Waals surface area contributed by atoms with Gasteiger partial charge in [0.05, 0.1) is 23.4 Å². The summed E-state index contributed by atoms with van der Waals surface area (Å²) in [7, 11) is 0. The molecule has 6 heteroatoms. The van der Waals surface area contributed by atoms with Crippen LogP contribution >= 0.6 is 0 Å². The van der Waals surface area contributed by atoms with Gasteiger partial charge in [-0.15, -0.1) is 0 Å². The first-order chi connectivity index (χ1) is 22.9. The van der Waals surface area contributed by atoms with Crippen LogP contribution < -0.4 is 14.5 Å². The van der Waals surface area contributed by atoms with Crippen molar-refractivity contribution in [3.8, 4) is 17.3 Å². The number of ether oxygens (including phenoxy) is 1. The minimum atomic E-state index is 0.0220. The van der Waals surface area contributed by atoms with Crippen LogP contribution in [-0.2, 0) is 5.41 Å². The molecule has 3 aliphatic carbocycles. The van der Waals surface area contributed by atoms with Gasteiger partial charge in [-0.25, -0.2) is 9.97 Å². The number of para-hydroxylation sites is 1. The molecule has 4 heterocycles. The van der Waals surface area contributed by atoms with Crippen molar-refractivity contribution in [1.82, 2.24) is 14.5 Å². The van der Waals surface area contributed by atoms with E-state index in [0.717, 1.165) is 58.4 Å². The van der Waals surface area contributed by atoms with E-state index in [9.17, 15) is 0 Å². The molecule has 0 radical (unpaired) electrons. The van der Waals surface area contributed by atoms with Crippen molar-refractivity contribution in [2.45, 2.75) is 64.3 Å². The van der Waals surface area contributed by atoms with E-state index in [4.69, 9.17) is 14.7 Å². The number of nitrogens with zero attached hydrogens (tertiary/aromatic N) is 5. The topological polar surface area (TPSA) is 46.4 Å². The number of rotatable bonds is 5. The standard InChI is InChI=1S/C41H41N5O/c1-41(2,3)29-19-21-42-39(23-29)46-35-11-5-4-10-33(35)34-18-17-32(25-38(34)46)47-31-9-6-8-30(24-31)44-26-45(36-12-7-20-43-40(36)44)37-22-27-13-15-28(37)16-14-27/h4-12,17-21,23-25,27-28,37H,13-16,22,26H2,1-3H3. The lowest BCUT2D eigenvalue weighted by atomic mass is 9.67. The molecule has 4 aliphatic rings.